The van der Waals surface area contributed by atoms with Crippen LogP contribution in [0.4, 0.5) is 0 Å². The van der Waals surface area contributed by atoms with Gasteiger partial charge < -0.3 is 19.7 Å². The van der Waals surface area contributed by atoms with E-state index in [-0.39, 0.29) is 18.5 Å². The number of hydrogen-bond donors (Lipinski definition) is 2. The minimum absolute atomic E-state index is 0.0956. The van der Waals surface area contributed by atoms with Gasteiger partial charge in [0.1, 0.15) is 11.8 Å². The average Bonchev–Trinajstić information content (AvgIpc) is 3.46. The highest BCUT2D eigenvalue weighted by atomic mass is 16.5. The van der Waals surface area contributed by atoms with Gasteiger partial charge in [0.15, 0.2) is 0 Å². The van der Waals surface area contributed by atoms with Crippen LogP contribution in [0, 0.1) is 11.3 Å². The first-order valence-electron chi connectivity index (χ1n) is 10.2. The molecule has 1 heterocycles. The van der Waals surface area contributed by atoms with E-state index in [4.69, 9.17) is 14.4 Å². The number of carboxylic acids is 1. The Labute approximate surface area is 179 Å². The SMILES string of the molecule is N#Cc1cc(OC2CCCC2)ccc1-c1nc(-c2ccc(CNCC(=O)O)cc2)no1. The van der Waals surface area contributed by atoms with Crippen molar-refractivity contribution in [1.29, 1.82) is 5.26 Å². The predicted molar refractivity (Wildman–Crippen MR) is 112 cm³/mol. The zero-order valence-corrected chi connectivity index (χ0v) is 16.9. The van der Waals surface area contributed by atoms with Gasteiger partial charge in [-0.1, -0.05) is 29.4 Å². The van der Waals surface area contributed by atoms with E-state index in [0.717, 1.165) is 24.0 Å². The summed E-state index contributed by atoms with van der Waals surface area (Å²) in [5, 5.41) is 25.1. The fraction of sp³-hybridized carbons (Fsp3) is 0.304. The maximum atomic E-state index is 10.6. The first-order chi connectivity index (χ1) is 15.1. The van der Waals surface area contributed by atoms with Gasteiger partial charge >= 0.3 is 5.97 Å². The van der Waals surface area contributed by atoms with E-state index in [9.17, 15) is 10.1 Å². The number of carbonyl (C=O) groups is 1. The van der Waals surface area contributed by atoms with Crippen molar-refractivity contribution in [1.82, 2.24) is 15.5 Å². The number of aliphatic carboxylic acids is 1. The summed E-state index contributed by atoms with van der Waals surface area (Å²) in [5.74, 6) is 0.464. The molecule has 0 saturated heterocycles. The third kappa shape index (κ3) is 5.08. The number of ether oxygens (including phenoxy) is 1. The fourth-order valence-corrected chi connectivity index (χ4v) is 3.61. The molecule has 4 rings (SSSR count). The smallest absolute Gasteiger partial charge is 0.317 e. The lowest BCUT2D eigenvalue weighted by Crippen LogP contribution is -2.21. The first kappa shape index (κ1) is 20.6. The van der Waals surface area contributed by atoms with E-state index < -0.39 is 5.97 Å². The van der Waals surface area contributed by atoms with Crippen molar-refractivity contribution in [3.8, 4) is 34.7 Å². The van der Waals surface area contributed by atoms with Crippen molar-refractivity contribution >= 4 is 5.97 Å². The van der Waals surface area contributed by atoms with Crippen molar-refractivity contribution in [3.05, 3.63) is 53.6 Å². The van der Waals surface area contributed by atoms with E-state index in [1.165, 1.54) is 12.8 Å². The summed E-state index contributed by atoms with van der Waals surface area (Å²) < 4.78 is 11.4. The zero-order valence-electron chi connectivity index (χ0n) is 16.9. The van der Waals surface area contributed by atoms with Gasteiger partial charge in [0.25, 0.3) is 5.89 Å². The number of nitriles is 1. The van der Waals surface area contributed by atoms with Crippen LogP contribution in [-0.4, -0.2) is 33.9 Å². The molecule has 8 heteroatoms. The zero-order chi connectivity index (χ0) is 21.6. The molecule has 3 aromatic rings. The molecule has 1 saturated carbocycles. The Morgan fingerprint density at radius 1 is 1.23 bits per heavy atom. The van der Waals surface area contributed by atoms with E-state index in [2.05, 4.69) is 21.5 Å². The van der Waals surface area contributed by atoms with Crippen molar-refractivity contribution in [2.24, 2.45) is 0 Å². The summed E-state index contributed by atoms with van der Waals surface area (Å²) in [7, 11) is 0. The van der Waals surface area contributed by atoms with Gasteiger partial charge in [-0.2, -0.15) is 10.2 Å². The van der Waals surface area contributed by atoms with Crippen LogP contribution >= 0.6 is 0 Å². The van der Waals surface area contributed by atoms with E-state index in [0.29, 0.717) is 29.2 Å². The molecule has 0 atom stereocenters. The average molecular weight is 418 g/mol. The molecule has 0 aliphatic heterocycles. The highest BCUT2D eigenvalue weighted by Gasteiger charge is 2.19. The highest BCUT2D eigenvalue weighted by molar-refractivity contribution is 5.69. The largest absolute Gasteiger partial charge is 0.490 e. The van der Waals surface area contributed by atoms with Gasteiger partial charge in [0.05, 0.1) is 23.8 Å². The topological polar surface area (TPSA) is 121 Å². The molecule has 2 aromatic carbocycles. The monoisotopic (exact) mass is 418 g/mol. The van der Waals surface area contributed by atoms with Crippen LogP contribution < -0.4 is 10.1 Å². The van der Waals surface area contributed by atoms with Crippen molar-refractivity contribution < 1.29 is 19.2 Å². The lowest BCUT2D eigenvalue weighted by molar-refractivity contribution is -0.136. The molecule has 2 N–H and O–H groups in total. The Balaban J connectivity index is 1.48. The summed E-state index contributed by atoms with van der Waals surface area (Å²) in [6.07, 6.45) is 4.67. The quantitative estimate of drug-likeness (QED) is 0.567. The van der Waals surface area contributed by atoms with Crippen LogP contribution in [0.25, 0.3) is 22.8 Å². The van der Waals surface area contributed by atoms with Crippen LogP contribution in [0.5, 0.6) is 5.75 Å². The Bertz CT molecular complexity index is 1100. The van der Waals surface area contributed by atoms with Gasteiger partial charge in [-0.25, -0.2) is 0 Å². The molecule has 158 valence electrons. The maximum absolute atomic E-state index is 10.6. The molecule has 1 aromatic heterocycles. The molecule has 0 unspecified atom stereocenters. The first-order valence-corrected chi connectivity index (χ1v) is 10.2. The summed E-state index contributed by atoms with van der Waals surface area (Å²) >= 11 is 0. The van der Waals surface area contributed by atoms with Gasteiger partial charge in [-0.3, -0.25) is 4.79 Å². The van der Waals surface area contributed by atoms with Gasteiger partial charge in [-0.05, 0) is 49.4 Å². The second kappa shape index (κ2) is 9.41. The summed E-state index contributed by atoms with van der Waals surface area (Å²) in [5.41, 5.74) is 2.69. The maximum Gasteiger partial charge on any atom is 0.317 e. The number of nitrogens with one attached hydrogen (secondary N) is 1. The molecule has 31 heavy (non-hydrogen) atoms. The molecule has 0 amide bonds. The number of nitrogens with zero attached hydrogens (tertiary/aromatic N) is 3. The van der Waals surface area contributed by atoms with E-state index in [1.807, 2.05) is 30.3 Å². The third-order valence-corrected chi connectivity index (χ3v) is 5.19. The summed E-state index contributed by atoms with van der Waals surface area (Å²) in [6.45, 7) is 0.354. The third-order valence-electron chi connectivity index (χ3n) is 5.19. The van der Waals surface area contributed by atoms with Crippen molar-refractivity contribution in [2.45, 2.75) is 38.3 Å². The number of carboxylic acid groups (broad SMARTS) is 1. The van der Waals surface area contributed by atoms with Crippen molar-refractivity contribution in [3.63, 3.8) is 0 Å². The van der Waals surface area contributed by atoms with Crippen molar-refractivity contribution in [2.75, 3.05) is 6.54 Å². The Hall–Kier alpha value is -3.70. The summed E-state index contributed by atoms with van der Waals surface area (Å²) in [4.78, 5) is 15.0. The normalized spacial score (nSPS) is 13.8. The summed E-state index contributed by atoms with van der Waals surface area (Å²) in [6, 6.07) is 14.9. The van der Waals surface area contributed by atoms with Crippen LogP contribution in [0.1, 0.15) is 36.8 Å². The number of rotatable bonds is 8. The second-order valence-corrected chi connectivity index (χ2v) is 7.46. The minimum atomic E-state index is -0.897. The van der Waals surface area contributed by atoms with Gasteiger partial charge in [-0.15, -0.1) is 0 Å². The molecule has 0 bridgehead atoms. The molecule has 1 aliphatic rings. The Morgan fingerprint density at radius 2 is 2.00 bits per heavy atom. The molecule has 0 spiro atoms. The van der Waals surface area contributed by atoms with Crippen LogP contribution in [0.2, 0.25) is 0 Å². The van der Waals surface area contributed by atoms with Gasteiger partial charge in [0.2, 0.25) is 5.82 Å². The molecule has 0 radical (unpaired) electrons. The minimum Gasteiger partial charge on any atom is -0.490 e. The molecular weight excluding hydrogens is 396 g/mol. The highest BCUT2D eigenvalue weighted by Crippen LogP contribution is 2.30. The second-order valence-electron chi connectivity index (χ2n) is 7.46. The number of hydrogen-bond acceptors (Lipinski definition) is 7. The lowest BCUT2D eigenvalue weighted by atomic mass is 10.1. The molecule has 1 fully saturated rings. The molecular formula is C23H22N4O4. The van der Waals surface area contributed by atoms with Gasteiger partial charge in [0, 0.05) is 12.1 Å². The van der Waals surface area contributed by atoms with E-state index >= 15 is 0 Å². The number of aromatic nitrogens is 2. The van der Waals surface area contributed by atoms with E-state index in [1.54, 1.807) is 12.1 Å². The standard InChI is InChI=1S/C23H22N4O4/c24-12-17-11-19(30-18-3-1-2-4-18)9-10-20(17)23-26-22(27-31-23)16-7-5-15(6-8-16)13-25-14-21(28)29/h5-11,18,25H,1-4,13-14H2,(H,28,29). The lowest BCUT2D eigenvalue weighted by Gasteiger charge is -2.13. The van der Waals surface area contributed by atoms with Crippen LogP contribution in [0.15, 0.2) is 47.0 Å². The Morgan fingerprint density at radius 3 is 2.71 bits per heavy atom. The number of benzene rings is 2. The molecule has 8 nitrogen and oxygen atoms in total. The predicted octanol–water partition coefficient (Wildman–Crippen LogP) is 3.77. The van der Waals surface area contributed by atoms with Crippen LogP contribution in [-0.2, 0) is 11.3 Å². The fourth-order valence-electron chi connectivity index (χ4n) is 3.61. The van der Waals surface area contributed by atoms with Crippen LogP contribution in [0.3, 0.4) is 0 Å². The molecule has 1 aliphatic carbocycles. The Kier molecular flexibility index (Phi) is 6.24.